The van der Waals surface area contributed by atoms with Gasteiger partial charge in [0.15, 0.2) is 0 Å². The van der Waals surface area contributed by atoms with E-state index in [1.54, 1.807) is 12.1 Å². The zero-order valence-corrected chi connectivity index (χ0v) is 11.5. The van der Waals surface area contributed by atoms with Crippen LogP contribution in [-0.2, 0) is 6.42 Å². The van der Waals surface area contributed by atoms with Crippen molar-refractivity contribution in [1.29, 1.82) is 0 Å². The van der Waals surface area contributed by atoms with Gasteiger partial charge in [0.2, 0.25) is 0 Å². The summed E-state index contributed by atoms with van der Waals surface area (Å²) in [6.07, 6.45) is 0.612. The van der Waals surface area contributed by atoms with Gasteiger partial charge in [0, 0.05) is 19.5 Å². The van der Waals surface area contributed by atoms with E-state index in [1.807, 2.05) is 18.2 Å². The van der Waals surface area contributed by atoms with E-state index in [4.69, 9.17) is 9.84 Å². The van der Waals surface area contributed by atoms with Gasteiger partial charge in [-0.2, -0.15) is 0 Å². The average Bonchev–Trinajstić information content (AvgIpc) is 2.46. The van der Waals surface area contributed by atoms with Gasteiger partial charge in [0.1, 0.15) is 18.5 Å². The van der Waals surface area contributed by atoms with Crippen LogP contribution in [0.4, 0.5) is 0 Å². The molecule has 5 nitrogen and oxygen atoms in total. The molecule has 0 aliphatic carbocycles. The molecule has 0 spiro atoms. The normalized spacial score (nSPS) is 13.8. The minimum absolute atomic E-state index is 0.163. The first-order chi connectivity index (χ1) is 9.67. The van der Waals surface area contributed by atoms with Crippen molar-refractivity contribution in [1.82, 2.24) is 5.32 Å². The molecule has 0 saturated heterocycles. The number of aliphatic hydroxyl groups is 3. The third-order valence-corrected chi connectivity index (χ3v) is 2.74. The average molecular weight is 281 g/mol. The van der Waals surface area contributed by atoms with Crippen molar-refractivity contribution in [3.05, 3.63) is 42.5 Å². The summed E-state index contributed by atoms with van der Waals surface area (Å²) >= 11 is 0. The maximum absolute atomic E-state index is 9.74. The topological polar surface area (TPSA) is 82.0 Å². The SMILES string of the molecule is C=CCNCC(O)COc1ccccc1CC(O)CO. The maximum Gasteiger partial charge on any atom is 0.122 e. The summed E-state index contributed by atoms with van der Waals surface area (Å²) in [7, 11) is 0. The number of benzene rings is 1. The van der Waals surface area contributed by atoms with Crippen molar-refractivity contribution in [3.8, 4) is 5.75 Å². The number of hydrogen-bond acceptors (Lipinski definition) is 5. The first kappa shape index (κ1) is 16.7. The Bertz CT molecular complexity index is 397. The van der Waals surface area contributed by atoms with Crippen molar-refractivity contribution in [2.45, 2.75) is 18.6 Å². The Balaban J connectivity index is 2.48. The van der Waals surface area contributed by atoms with Crippen LogP contribution in [0.1, 0.15) is 5.56 Å². The molecule has 1 rings (SSSR count). The molecule has 0 aromatic heterocycles. The molecule has 0 aliphatic rings. The third kappa shape index (κ3) is 6.16. The Labute approximate surface area is 119 Å². The molecule has 2 unspecified atom stereocenters. The van der Waals surface area contributed by atoms with E-state index in [2.05, 4.69) is 11.9 Å². The first-order valence-electron chi connectivity index (χ1n) is 6.66. The van der Waals surface area contributed by atoms with Crippen LogP contribution in [0.5, 0.6) is 5.75 Å². The molecule has 1 aromatic rings. The molecule has 0 radical (unpaired) electrons. The Morgan fingerprint density at radius 2 is 2.00 bits per heavy atom. The van der Waals surface area contributed by atoms with Gasteiger partial charge in [-0.15, -0.1) is 6.58 Å². The second-order valence-corrected chi connectivity index (χ2v) is 4.56. The number of rotatable bonds is 10. The molecule has 0 heterocycles. The van der Waals surface area contributed by atoms with Gasteiger partial charge in [-0.1, -0.05) is 24.3 Å². The van der Waals surface area contributed by atoms with E-state index < -0.39 is 12.2 Å². The summed E-state index contributed by atoms with van der Waals surface area (Å²) in [5, 5.41) is 31.1. The van der Waals surface area contributed by atoms with Crippen LogP contribution in [0.15, 0.2) is 36.9 Å². The summed E-state index contributed by atoms with van der Waals surface area (Å²) in [4.78, 5) is 0. The summed E-state index contributed by atoms with van der Waals surface area (Å²) in [6, 6.07) is 7.28. The number of aliphatic hydroxyl groups excluding tert-OH is 3. The molecule has 112 valence electrons. The van der Waals surface area contributed by atoms with Crippen molar-refractivity contribution in [3.63, 3.8) is 0 Å². The Morgan fingerprint density at radius 3 is 2.70 bits per heavy atom. The molecule has 0 aliphatic heterocycles. The molecule has 0 amide bonds. The van der Waals surface area contributed by atoms with Crippen LogP contribution in [0, 0.1) is 0 Å². The van der Waals surface area contributed by atoms with Crippen LogP contribution >= 0.6 is 0 Å². The Kier molecular flexibility index (Phi) is 7.91. The van der Waals surface area contributed by atoms with Gasteiger partial charge in [-0.05, 0) is 11.6 Å². The predicted octanol–water partition coefficient (Wildman–Crippen LogP) is 0.0976. The fraction of sp³-hybridized carbons (Fsp3) is 0.467. The lowest BCUT2D eigenvalue weighted by atomic mass is 10.1. The highest BCUT2D eigenvalue weighted by Crippen LogP contribution is 2.19. The molecule has 20 heavy (non-hydrogen) atoms. The molecule has 5 heteroatoms. The fourth-order valence-electron chi connectivity index (χ4n) is 1.73. The van der Waals surface area contributed by atoms with Crippen LogP contribution in [0.2, 0.25) is 0 Å². The van der Waals surface area contributed by atoms with Crippen LogP contribution in [0.25, 0.3) is 0 Å². The lowest BCUT2D eigenvalue weighted by Gasteiger charge is -2.16. The molecule has 0 saturated carbocycles. The molecule has 1 aromatic carbocycles. The highest BCUT2D eigenvalue weighted by molar-refractivity contribution is 5.33. The monoisotopic (exact) mass is 281 g/mol. The predicted molar refractivity (Wildman–Crippen MR) is 77.8 cm³/mol. The van der Waals surface area contributed by atoms with Crippen molar-refractivity contribution in [2.75, 3.05) is 26.3 Å². The minimum atomic E-state index is -0.807. The fourth-order valence-corrected chi connectivity index (χ4v) is 1.73. The van der Waals surface area contributed by atoms with Crippen molar-refractivity contribution in [2.24, 2.45) is 0 Å². The smallest absolute Gasteiger partial charge is 0.122 e. The minimum Gasteiger partial charge on any atom is -0.491 e. The zero-order valence-electron chi connectivity index (χ0n) is 11.5. The number of nitrogens with one attached hydrogen (secondary N) is 1. The van der Waals surface area contributed by atoms with Crippen LogP contribution < -0.4 is 10.1 Å². The zero-order chi connectivity index (χ0) is 14.8. The molecule has 0 fully saturated rings. The number of hydrogen-bond donors (Lipinski definition) is 4. The first-order valence-corrected chi connectivity index (χ1v) is 6.66. The third-order valence-electron chi connectivity index (χ3n) is 2.74. The van der Waals surface area contributed by atoms with Gasteiger partial charge in [0.05, 0.1) is 12.7 Å². The highest BCUT2D eigenvalue weighted by atomic mass is 16.5. The maximum atomic E-state index is 9.74. The Morgan fingerprint density at radius 1 is 1.25 bits per heavy atom. The molecule has 4 N–H and O–H groups in total. The van der Waals surface area contributed by atoms with E-state index in [-0.39, 0.29) is 13.2 Å². The standard InChI is InChI=1S/C15H23NO4/c1-2-7-16-9-14(19)11-20-15-6-4-3-5-12(15)8-13(18)10-17/h2-6,13-14,16-19H,1,7-11H2. The second-order valence-electron chi connectivity index (χ2n) is 4.56. The van der Waals surface area contributed by atoms with Gasteiger partial charge in [0.25, 0.3) is 0 Å². The summed E-state index contributed by atoms with van der Waals surface area (Å²) in [5.74, 6) is 0.614. The van der Waals surface area contributed by atoms with E-state index >= 15 is 0 Å². The van der Waals surface area contributed by atoms with E-state index in [9.17, 15) is 10.2 Å². The molecular formula is C15H23NO4. The number of ether oxygens (including phenoxy) is 1. The summed E-state index contributed by atoms with van der Waals surface area (Å²) in [6.45, 7) is 4.51. The van der Waals surface area contributed by atoms with Gasteiger partial charge >= 0.3 is 0 Å². The largest absolute Gasteiger partial charge is 0.491 e. The lowest BCUT2D eigenvalue weighted by Crippen LogP contribution is -2.31. The van der Waals surface area contributed by atoms with Gasteiger partial charge in [-0.3, -0.25) is 0 Å². The van der Waals surface area contributed by atoms with E-state index in [0.29, 0.717) is 25.3 Å². The van der Waals surface area contributed by atoms with E-state index in [0.717, 1.165) is 5.56 Å². The van der Waals surface area contributed by atoms with Crippen molar-refractivity contribution >= 4 is 0 Å². The summed E-state index contributed by atoms with van der Waals surface area (Å²) in [5.41, 5.74) is 0.806. The van der Waals surface area contributed by atoms with Gasteiger partial charge < -0.3 is 25.4 Å². The summed E-state index contributed by atoms with van der Waals surface area (Å²) < 4.78 is 5.57. The Hall–Kier alpha value is -1.40. The van der Waals surface area contributed by atoms with E-state index in [1.165, 1.54) is 0 Å². The highest BCUT2D eigenvalue weighted by Gasteiger charge is 2.10. The molecule has 2 atom stereocenters. The van der Waals surface area contributed by atoms with Crippen LogP contribution in [0.3, 0.4) is 0 Å². The molecule has 0 bridgehead atoms. The lowest BCUT2D eigenvalue weighted by molar-refractivity contribution is 0.0917. The molecular weight excluding hydrogens is 258 g/mol. The number of para-hydroxylation sites is 1. The van der Waals surface area contributed by atoms with Gasteiger partial charge in [-0.25, -0.2) is 0 Å². The van der Waals surface area contributed by atoms with Crippen molar-refractivity contribution < 1.29 is 20.1 Å². The second kappa shape index (κ2) is 9.50. The quantitative estimate of drug-likeness (QED) is 0.361. The van der Waals surface area contributed by atoms with Crippen LogP contribution in [-0.4, -0.2) is 53.8 Å².